The Hall–Kier alpha value is -3.01. The highest BCUT2D eigenvalue weighted by Crippen LogP contribution is 2.24. The Morgan fingerprint density at radius 2 is 1.81 bits per heavy atom. The van der Waals surface area contributed by atoms with Crippen LogP contribution in [0.25, 0.3) is 10.8 Å². The van der Waals surface area contributed by atoms with Gasteiger partial charge in [0.05, 0.1) is 6.54 Å². The van der Waals surface area contributed by atoms with E-state index in [1.165, 1.54) is 0 Å². The van der Waals surface area contributed by atoms with Gasteiger partial charge in [-0.15, -0.1) is 0 Å². The van der Waals surface area contributed by atoms with Crippen molar-refractivity contribution in [2.45, 2.75) is 26.4 Å². The van der Waals surface area contributed by atoms with E-state index in [4.69, 9.17) is 9.47 Å². The SMILES string of the molecule is CC[C@@H](Oc1cccc(C)c1)C(=O)NCCOc1cccc2ccccc12. The molecule has 3 rings (SSSR count). The van der Waals surface area contributed by atoms with Crippen molar-refractivity contribution >= 4 is 16.7 Å². The number of fused-ring (bicyclic) bond motifs is 1. The van der Waals surface area contributed by atoms with Gasteiger partial charge >= 0.3 is 0 Å². The lowest BCUT2D eigenvalue weighted by Crippen LogP contribution is -2.39. The number of hydrogen-bond acceptors (Lipinski definition) is 3. The predicted molar refractivity (Wildman–Crippen MR) is 108 cm³/mol. The van der Waals surface area contributed by atoms with Crippen LogP contribution in [0.2, 0.25) is 0 Å². The summed E-state index contributed by atoms with van der Waals surface area (Å²) in [6.45, 7) is 4.77. The fourth-order valence-electron chi connectivity index (χ4n) is 2.95. The Kier molecular flexibility index (Phi) is 6.31. The number of benzene rings is 3. The van der Waals surface area contributed by atoms with Crippen LogP contribution in [0.15, 0.2) is 66.7 Å². The van der Waals surface area contributed by atoms with Crippen molar-refractivity contribution in [1.82, 2.24) is 5.32 Å². The van der Waals surface area contributed by atoms with Gasteiger partial charge in [0.15, 0.2) is 6.10 Å². The van der Waals surface area contributed by atoms with Crippen molar-refractivity contribution in [3.63, 3.8) is 0 Å². The molecule has 3 aromatic carbocycles. The Bertz CT molecular complexity index is 902. The summed E-state index contributed by atoms with van der Waals surface area (Å²) in [7, 11) is 0. The van der Waals surface area contributed by atoms with E-state index in [1.54, 1.807) is 0 Å². The Balaban J connectivity index is 1.51. The number of rotatable bonds is 8. The molecule has 4 nitrogen and oxygen atoms in total. The van der Waals surface area contributed by atoms with Crippen molar-refractivity contribution in [3.8, 4) is 11.5 Å². The van der Waals surface area contributed by atoms with Gasteiger partial charge < -0.3 is 14.8 Å². The van der Waals surface area contributed by atoms with Crippen molar-refractivity contribution < 1.29 is 14.3 Å². The zero-order valence-electron chi connectivity index (χ0n) is 15.8. The highest BCUT2D eigenvalue weighted by atomic mass is 16.5. The maximum absolute atomic E-state index is 12.4. The van der Waals surface area contributed by atoms with Crippen molar-refractivity contribution in [1.29, 1.82) is 0 Å². The standard InChI is InChI=1S/C23H25NO3/c1-3-21(27-19-11-6-8-17(2)16-19)23(25)24-14-15-26-22-13-7-10-18-9-4-5-12-20(18)22/h4-13,16,21H,3,14-15H2,1-2H3,(H,24,25)/t21-/m1/s1. The molecule has 1 N–H and O–H groups in total. The van der Waals surface area contributed by atoms with Gasteiger partial charge in [0.2, 0.25) is 0 Å². The third-order valence-corrected chi connectivity index (χ3v) is 4.34. The molecular weight excluding hydrogens is 338 g/mol. The second-order valence-electron chi connectivity index (χ2n) is 6.45. The van der Waals surface area contributed by atoms with E-state index in [2.05, 4.69) is 17.4 Å². The monoisotopic (exact) mass is 363 g/mol. The maximum Gasteiger partial charge on any atom is 0.261 e. The fraction of sp³-hybridized carbons (Fsp3) is 0.261. The van der Waals surface area contributed by atoms with Gasteiger partial charge in [-0.05, 0) is 42.5 Å². The molecule has 0 unspecified atom stereocenters. The van der Waals surface area contributed by atoms with E-state index in [1.807, 2.05) is 68.4 Å². The van der Waals surface area contributed by atoms with Gasteiger partial charge in [-0.2, -0.15) is 0 Å². The van der Waals surface area contributed by atoms with Gasteiger partial charge in [-0.3, -0.25) is 4.79 Å². The first-order valence-electron chi connectivity index (χ1n) is 9.29. The van der Waals surface area contributed by atoms with Crippen molar-refractivity contribution in [3.05, 3.63) is 72.3 Å². The number of carbonyl (C=O) groups excluding carboxylic acids is 1. The first-order valence-corrected chi connectivity index (χ1v) is 9.29. The van der Waals surface area contributed by atoms with Crippen LogP contribution in [0.5, 0.6) is 11.5 Å². The van der Waals surface area contributed by atoms with Crippen molar-refractivity contribution in [2.75, 3.05) is 13.2 Å². The Morgan fingerprint density at radius 3 is 2.63 bits per heavy atom. The van der Waals surface area contributed by atoms with E-state index < -0.39 is 6.10 Å². The predicted octanol–water partition coefficient (Wildman–Crippen LogP) is 4.50. The maximum atomic E-state index is 12.4. The molecule has 0 radical (unpaired) electrons. The lowest BCUT2D eigenvalue weighted by Gasteiger charge is -2.18. The fourth-order valence-corrected chi connectivity index (χ4v) is 2.95. The summed E-state index contributed by atoms with van der Waals surface area (Å²) in [5.41, 5.74) is 1.10. The second-order valence-corrected chi connectivity index (χ2v) is 6.45. The lowest BCUT2D eigenvalue weighted by atomic mass is 10.1. The van der Waals surface area contributed by atoms with E-state index in [0.29, 0.717) is 25.3 Å². The number of hydrogen-bond donors (Lipinski definition) is 1. The minimum absolute atomic E-state index is 0.125. The van der Waals surface area contributed by atoms with E-state index in [-0.39, 0.29) is 5.91 Å². The second kappa shape index (κ2) is 9.08. The summed E-state index contributed by atoms with van der Waals surface area (Å²) in [6.07, 6.45) is 0.0913. The van der Waals surface area contributed by atoms with Gasteiger partial charge in [-0.1, -0.05) is 55.5 Å². The molecule has 0 aromatic heterocycles. The van der Waals surface area contributed by atoms with E-state index >= 15 is 0 Å². The first-order chi connectivity index (χ1) is 13.2. The van der Waals surface area contributed by atoms with E-state index in [9.17, 15) is 4.79 Å². The summed E-state index contributed by atoms with van der Waals surface area (Å²) < 4.78 is 11.7. The summed E-state index contributed by atoms with van der Waals surface area (Å²) >= 11 is 0. The largest absolute Gasteiger partial charge is 0.491 e. The van der Waals surface area contributed by atoms with Crippen LogP contribution in [-0.2, 0) is 4.79 Å². The highest BCUT2D eigenvalue weighted by molar-refractivity contribution is 5.88. The summed E-state index contributed by atoms with van der Waals surface area (Å²) in [5, 5.41) is 5.10. The zero-order chi connectivity index (χ0) is 19.1. The molecule has 1 atom stereocenters. The van der Waals surface area contributed by atoms with E-state index in [0.717, 1.165) is 22.1 Å². The molecule has 0 bridgehead atoms. The Morgan fingerprint density at radius 1 is 1.04 bits per heavy atom. The van der Waals surface area contributed by atoms with Crippen LogP contribution in [0, 0.1) is 6.92 Å². The van der Waals surface area contributed by atoms with Crippen LogP contribution >= 0.6 is 0 Å². The molecule has 0 aliphatic rings. The number of nitrogens with one attached hydrogen (secondary N) is 1. The van der Waals surface area contributed by atoms with Gasteiger partial charge in [-0.25, -0.2) is 0 Å². The number of aryl methyl sites for hydroxylation is 1. The molecular formula is C23H25NO3. The lowest BCUT2D eigenvalue weighted by molar-refractivity contribution is -0.128. The van der Waals surface area contributed by atoms with Crippen LogP contribution in [0.1, 0.15) is 18.9 Å². The van der Waals surface area contributed by atoms with Crippen LogP contribution in [-0.4, -0.2) is 25.2 Å². The number of amides is 1. The van der Waals surface area contributed by atoms with Crippen molar-refractivity contribution in [2.24, 2.45) is 0 Å². The molecule has 27 heavy (non-hydrogen) atoms. The third kappa shape index (κ3) is 5.00. The minimum Gasteiger partial charge on any atom is -0.491 e. The quantitative estimate of drug-likeness (QED) is 0.600. The van der Waals surface area contributed by atoms with Gasteiger partial charge in [0.1, 0.15) is 18.1 Å². The molecule has 4 heteroatoms. The molecule has 0 saturated heterocycles. The molecule has 0 aliphatic carbocycles. The normalized spacial score (nSPS) is 11.8. The first kappa shape index (κ1) is 18.8. The average molecular weight is 363 g/mol. The molecule has 0 aliphatic heterocycles. The molecule has 0 spiro atoms. The number of ether oxygens (including phenoxy) is 2. The molecule has 1 amide bonds. The average Bonchev–Trinajstić information content (AvgIpc) is 2.69. The molecule has 140 valence electrons. The van der Waals surface area contributed by atoms with Gasteiger partial charge in [0.25, 0.3) is 5.91 Å². The molecule has 0 saturated carbocycles. The molecule has 0 fully saturated rings. The Labute approximate surface area is 160 Å². The topological polar surface area (TPSA) is 47.6 Å². The zero-order valence-corrected chi connectivity index (χ0v) is 15.8. The van der Waals surface area contributed by atoms with Gasteiger partial charge in [0, 0.05) is 5.39 Å². The number of carbonyl (C=O) groups is 1. The molecule has 0 heterocycles. The highest BCUT2D eigenvalue weighted by Gasteiger charge is 2.18. The third-order valence-electron chi connectivity index (χ3n) is 4.34. The van der Waals surface area contributed by atoms with Crippen LogP contribution in [0.3, 0.4) is 0 Å². The van der Waals surface area contributed by atoms with Crippen LogP contribution in [0.4, 0.5) is 0 Å². The molecule has 3 aromatic rings. The smallest absolute Gasteiger partial charge is 0.261 e. The van der Waals surface area contributed by atoms with Crippen LogP contribution < -0.4 is 14.8 Å². The minimum atomic E-state index is -0.510. The summed E-state index contributed by atoms with van der Waals surface area (Å²) in [5.74, 6) is 1.41. The summed E-state index contributed by atoms with van der Waals surface area (Å²) in [6, 6.07) is 21.8. The summed E-state index contributed by atoms with van der Waals surface area (Å²) in [4.78, 5) is 12.4.